The van der Waals surface area contributed by atoms with Gasteiger partial charge in [-0.25, -0.2) is 0 Å². The highest BCUT2D eigenvalue weighted by atomic mass is 19.4. The number of hydrogen-bond acceptors (Lipinski definition) is 3. The minimum Gasteiger partial charge on any atom is -0.469 e. The molecule has 0 fully saturated rings. The molecule has 0 spiro atoms. The highest BCUT2D eigenvalue weighted by molar-refractivity contribution is 5.80. The first-order chi connectivity index (χ1) is 16.7. The van der Waals surface area contributed by atoms with Crippen LogP contribution in [0.15, 0.2) is 66.7 Å². The first-order valence-electron chi connectivity index (χ1n) is 11.9. The van der Waals surface area contributed by atoms with E-state index in [2.05, 4.69) is 30.9 Å². The van der Waals surface area contributed by atoms with Crippen molar-refractivity contribution in [3.8, 4) is 11.1 Å². The summed E-state index contributed by atoms with van der Waals surface area (Å²) in [5, 5.41) is 0. The molecule has 1 heterocycles. The van der Waals surface area contributed by atoms with E-state index < -0.39 is 17.7 Å². The van der Waals surface area contributed by atoms with Crippen molar-refractivity contribution in [2.45, 2.75) is 45.3 Å². The number of rotatable bonds is 6. The van der Waals surface area contributed by atoms with Gasteiger partial charge in [0.15, 0.2) is 0 Å². The zero-order chi connectivity index (χ0) is 25.2. The predicted molar refractivity (Wildman–Crippen MR) is 132 cm³/mol. The van der Waals surface area contributed by atoms with E-state index in [-0.39, 0.29) is 11.9 Å². The zero-order valence-corrected chi connectivity index (χ0v) is 20.2. The van der Waals surface area contributed by atoms with Crippen LogP contribution in [0.1, 0.15) is 48.4 Å². The van der Waals surface area contributed by atoms with Crippen LogP contribution in [0.2, 0.25) is 0 Å². The van der Waals surface area contributed by atoms with E-state index in [1.165, 1.54) is 30.4 Å². The molecular weight excluding hydrogens is 451 g/mol. The molecule has 3 aromatic rings. The zero-order valence-electron chi connectivity index (χ0n) is 20.2. The molecule has 1 atom stereocenters. The molecule has 0 saturated heterocycles. The lowest BCUT2D eigenvalue weighted by Crippen LogP contribution is -2.30. The Labute approximate surface area is 204 Å². The smallest absolute Gasteiger partial charge is 0.416 e. The lowest BCUT2D eigenvalue weighted by molar-refractivity contribution is -0.143. The second-order valence-electron chi connectivity index (χ2n) is 9.53. The quantitative estimate of drug-likeness (QED) is 0.348. The van der Waals surface area contributed by atoms with Gasteiger partial charge in [0.1, 0.15) is 0 Å². The van der Waals surface area contributed by atoms with E-state index >= 15 is 0 Å². The molecule has 1 aliphatic rings. The summed E-state index contributed by atoms with van der Waals surface area (Å²) >= 11 is 0. The van der Waals surface area contributed by atoms with E-state index in [1.54, 1.807) is 0 Å². The van der Waals surface area contributed by atoms with Crippen LogP contribution >= 0.6 is 0 Å². The van der Waals surface area contributed by atoms with Crippen LogP contribution in [-0.4, -0.2) is 19.6 Å². The Hall–Kier alpha value is -3.28. The van der Waals surface area contributed by atoms with Crippen molar-refractivity contribution in [2.24, 2.45) is 5.92 Å². The number of carbonyl (C=O) groups excluding carboxylic acids is 1. The fourth-order valence-corrected chi connectivity index (χ4v) is 4.73. The topological polar surface area (TPSA) is 29.5 Å². The highest BCUT2D eigenvalue weighted by Gasteiger charge is 2.30. The summed E-state index contributed by atoms with van der Waals surface area (Å²) in [7, 11) is 1.39. The van der Waals surface area contributed by atoms with Crippen molar-refractivity contribution < 1.29 is 22.7 Å². The number of anilines is 1. The minimum atomic E-state index is -4.39. The van der Waals surface area contributed by atoms with Gasteiger partial charge in [0.05, 0.1) is 18.6 Å². The van der Waals surface area contributed by atoms with Crippen LogP contribution in [0.25, 0.3) is 11.1 Å². The number of alkyl halides is 3. The number of hydrogen-bond donors (Lipinski definition) is 0. The fourth-order valence-electron chi connectivity index (χ4n) is 4.73. The van der Waals surface area contributed by atoms with Crippen LogP contribution in [0.4, 0.5) is 18.9 Å². The summed E-state index contributed by atoms with van der Waals surface area (Å²) in [4.78, 5) is 15.0. The molecule has 3 aromatic carbocycles. The highest BCUT2D eigenvalue weighted by Crippen LogP contribution is 2.36. The number of benzene rings is 3. The largest absolute Gasteiger partial charge is 0.469 e. The molecule has 0 bridgehead atoms. The van der Waals surface area contributed by atoms with Gasteiger partial charge in [-0.15, -0.1) is 0 Å². The van der Waals surface area contributed by atoms with Gasteiger partial charge in [0, 0.05) is 18.8 Å². The summed E-state index contributed by atoms with van der Waals surface area (Å²) in [6.07, 6.45) is -2.87. The van der Waals surface area contributed by atoms with Crippen LogP contribution < -0.4 is 4.90 Å². The first kappa shape index (κ1) is 24.8. The first-order valence-corrected chi connectivity index (χ1v) is 11.9. The SMILES string of the molecule is COC(=O)C(CC(C)C)c1cc(-c2ccc(C(F)(F)F)cc2)cc(N2CCc3ccccc3C2)c1. The van der Waals surface area contributed by atoms with Crippen LogP contribution in [-0.2, 0) is 28.7 Å². The Bertz CT molecular complexity index is 1190. The maximum Gasteiger partial charge on any atom is 0.416 e. The Morgan fingerprint density at radius 2 is 1.66 bits per heavy atom. The lowest BCUT2D eigenvalue weighted by Gasteiger charge is -2.32. The molecule has 0 N–H and O–H groups in total. The summed E-state index contributed by atoms with van der Waals surface area (Å²) in [5.74, 6) is -0.498. The third-order valence-corrected chi connectivity index (χ3v) is 6.58. The van der Waals surface area contributed by atoms with Gasteiger partial charge in [0.25, 0.3) is 0 Å². The Balaban J connectivity index is 1.78. The molecule has 1 aliphatic heterocycles. The third-order valence-electron chi connectivity index (χ3n) is 6.58. The Morgan fingerprint density at radius 3 is 2.29 bits per heavy atom. The maximum absolute atomic E-state index is 13.1. The molecule has 184 valence electrons. The molecule has 0 saturated carbocycles. The van der Waals surface area contributed by atoms with E-state index in [4.69, 9.17) is 4.74 Å². The van der Waals surface area contributed by atoms with E-state index in [1.807, 2.05) is 30.3 Å². The molecular formula is C29H30F3NO2. The van der Waals surface area contributed by atoms with Crippen molar-refractivity contribution in [2.75, 3.05) is 18.6 Å². The minimum absolute atomic E-state index is 0.263. The van der Waals surface area contributed by atoms with Gasteiger partial charge in [-0.2, -0.15) is 13.2 Å². The van der Waals surface area contributed by atoms with Gasteiger partial charge < -0.3 is 9.64 Å². The number of fused-ring (bicyclic) bond motifs is 1. The number of halogens is 3. The van der Waals surface area contributed by atoms with Crippen molar-refractivity contribution in [1.82, 2.24) is 0 Å². The third kappa shape index (κ3) is 5.69. The number of esters is 1. The normalized spacial score (nSPS) is 14.5. The summed E-state index contributed by atoms with van der Waals surface area (Å²) in [6, 6.07) is 19.5. The number of carbonyl (C=O) groups is 1. The van der Waals surface area contributed by atoms with Crippen LogP contribution in [0.5, 0.6) is 0 Å². The second kappa shape index (κ2) is 10.1. The molecule has 3 nitrogen and oxygen atoms in total. The van der Waals surface area contributed by atoms with Crippen molar-refractivity contribution >= 4 is 11.7 Å². The molecule has 6 heteroatoms. The van der Waals surface area contributed by atoms with E-state index in [0.29, 0.717) is 12.0 Å². The van der Waals surface area contributed by atoms with Crippen LogP contribution in [0.3, 0.4) is 0 Å². The number of methoxy groups -OCH3 is 1. The van der Waals surface area contributed by atoms with Crippen LogP contribution in [0, 0.1) is 5.92 Å². The monoisotopic (exact) mass is 481 g/mol. The molecule has 0 aromatic heterocycles. The second-order valence-corrected chi connectivity index (χ2v) is 9.53. The summed E-state index contributed by atoms with van der Waals surface area (Å²) in [5.41, 5.74) is 5.12. The molecule has 0 amide bonds. The van der Waals surface area contributed by atoms with E-state index in [9.17, 15) is 18.0 Å². The molecule has 35 heavy (non-hydrogen) atoms. The Morgan fingerprint density at radius 1 is 0.971 bits per heavy atom. The predicted octanol–water partition coefficient (Wildman–Crippen LogP) is 7.24. The molecule has 0 aliphatic carbocycles. The summed E-state index contributed by atoms with van der Waals surface area (Å²) < 4.78 is 44.5. The summed E-state index contributed by atoms with van der Waals surface area (Å²) in [6.45, 7) is 5.66. The van der Waals surface area contributed by atoms with Gasteiger partial charge >= 0.3 is 12.1 Å². The molecule has 1 unspecified atom stereocenters. The standard InChI is InChI=1S/C29H30F3NO2/c1-19(2)14-27(28(34)35-3)24-15-23(21-8-10-25(11-9-21)29(30,31)32)16-26(17-24)33-13-12-20-6-4-5-7-22(20)18-33/h4-11,15-17,19,27H,12-14,18H2,1-3H3. The lowest BCUT2D eigenvalue weighted by atomic mass is 9.87. The van der Waals surface area contributed by atoms with Crippen molar-refractivity contribution in [1.29, 1.82) is 0 Å². The average molecular weight is 482 g/mol. The molecule has 0 radical (unpaired) electrons. The van der Waals surface area contributed by atoms with Crippen molar-refractivity contribution in [3.63, 3.8) is 0 Å². The van der Waals surface area contributed by atoms with Crippen molar-refractivity contribution in [3.05, 3.63) is 89.0 Å². The van der Waals surface area contributed by atoms with Gasteiger partial charge in [-0.1, -0.05) is 56.3 Å². The Kier molecular flexibility index (Phi) is 7.20. The van der Waals surface area contributed by atoms with Gasteiger partial charge in [0.2, 0.25) is 0 Å². The van der Waals surface area contributed by atoms with Gasteiger partial charge in [-0.3, -0.25) is 4.79 Å². The van der Waals surface area contributed by atoms with Gasteiger partial charge in [-0.05, 0) is 70.8 Å². The molecule has 4 rings (SSSR count). The number of ether oxygens (including phenoxy) is 1. The van der Waals surface area contributed by atoms with E-state index in [0.717, 1.165) is 48.5 Å². The average Bonchev–Trinajstić information content (AvgIpc) is 2.85. The number of nitrogens with zero attached hydrogens (tertiary/aromatic N) is 1. The fraction of sp³-hybridized carbons (Fsp3) is 0.345. The maximum atomic E-state index is 13.1.